The van der Waals surface area contributed by atoms with Crippen molar-refractivity contribution in [3.63, 3.8) is 0 Å². The van der Waals surface area contributed by atoms with Crippen LogP contribution in [-0.4, -0.2) is 31.6 Å². The average molecular weight is 330 g/mol. The molecule has 24 heavy (non-hydrogen) atoms. The molecule has 2 aromatic rings. The number of amides is 1. The van der Waals surface area contributed by atoms with Crippen LogP contribution in [0.3, 0.4) is 0 Å². The second kappa shape index (κ2) is 8.76. The van der Waals surface area contributed by atoms with Crippen LogP contribution < -0.4 is 10.2 Å². The Balaban J connectivity index is 1.80. The van der Waals surface area contributed by atoms with Crippen LogP contribution in [0.1, 0.15) is 30.0 Å². The molecule has 0 atom stereocenters. The fraction of sp³-hybridized carbons (Fsp3) is 0.333. The van der Waals surface area contributed by atoms with E-state index in [4.69, 9.17) is 9.15 Å². The molecule has 0 fully saturated rings. The summed E-state index contributed by atoms with van der Waals surface area (Å²) >= 11 is 0. The van der Waals surface area contributed by atoms with E-state index in [-0.39, 0.29) is 19.1 Å². The van der Waals surface area contributed by atoms with Crippen LogP contribution >= 0.6 is 0 Å². The molecule has 1 aromatic heterocycles. The van der Waals surface area contributed by atoms with Gasteiger partial charge in [0.15, 0.2) is 6.61 Å². The number of ether oxygens (including phenoxy) is 1. The minimum atomic E-state index is -0.519. The number of anilines is 1. The molecule has 1 aromatic carbocycles. The van der Waals surface area contributed by atoms with Gasteiger partial charge in [0, 0.05) is 18.8 Å². The maximum Gasteiger partial charge on any atom is 0.338 e. The Labute approximate surface area is 141 Å². The molecule has 0 saturated carbocycles. The Kier molecular flexibility index (Phi) is 6.42. The van der Waals surface area contributed by atoms with E-state index in [9.17, 15) is 9.59 Å². The van der Waals surface area contributed by atoms with E-state index >= 15 is 0 Å². The average Bonchev–Trinajstić information content (AvgIpc) is 3.13. The molecule has 0 bridgehead atoms. The monoisotopic (exact) mass is 330 g/mol. The summed E-state index contributed by atoms with van der Waals surface area (Å²) in [6.45, 7) is 5.89. The number of esters is 1. The fourth-order valence-corrected chi connectivity index (χ4v) is 2.26. The Morgan fingerprint density at radius 1 is 1.12 bits per heavy atom. The number of carbonyl (C=O) groups excluding carboxylic acids is 2. The Morgan fingerprint density at radius 2 is 1.83 bits per heavy atom. The van der Waals surface area contributed by atoms with Crippen LogP contribution in [0.4, 0.5) is 5.69 Å². The van der Waals surface area contributed by atoms with Gasteiger partial charge in [-0.2, -0.15) is 0 Å². The van der Waals surface area contributed by atoms with Crippen LogP contribution in [0, 0.1) is 0 Å². The Morgan fingerprint density at radius 3 is 2.42 bits per heavy atom. The fourth-order valence-electron chi connectivity index (χ4n) is 2.26. The van der Waals surface area contributed by atoms with Crippen molar-refractivity contribution < 1.29 is 18.7 Å². The molecule has 0 spiro atoms. The van der Waals surface area contributed by atoms with Gasteiger partial charge < -0.3 is 19.4 Å². The van der Waals surface area contributed by atoms with Gasteiger partial charge >= 0.3 is 5.97 Å². The lowest BCUT2D eigenvalue weighted by Gasteiger charge is -2.20. The number of benzene rings is 1. The van der Waals surface area contributed by atoms with Crippen molar-refractivity contribution in [3.05, 3.63) is 54.0 Å². The summed E-state index contributed by atoms with van der Waals surface area (Å²) in [4.78, 5) is 25.8. The molecule has 0 aliphatic rings. The Bertz CT molecular complexity index is 646. The van der Waals surface area contributed by atoms with Gasteiger partial charge in [0.2, 0.25) is 0 Å². The molecule has 1 heterocycles. The standard InChI is InChI=1S/C18H22N2O4/c1-3-20(4-2)15-9-7-14(8-10-15)18(22)24-13-17(21)19-12-16-6-5-11-23-16/h5-11H,3-4,12-13H2,1-2H3,(H,19,21). The molecule has 0 unspecified atom stereocenters. The van der Waals surface area contributed by atoms with Crippen LogP contribution in [0.5, 0.6) is 0 Å². The van der Waals surface area contributed by atoms with Gasteiger partial charge in [-0.25, -0.2) is 4.79 Å². The van der Waals surface area contributed by atoms with Crippen molar-refractivity contribution in [2.75, 3.05) is 24.6 Å². The van der Waals surface area contributed by atoms with Crippen molar-refractivity contribution in [3.8, 4) is 0 Å². The lowest BCUT2D eigenvalue weighted by molar-refractivity contribution is -0.124. The SMILES string of the molecule is CCN(CC)c1ccc(C(=O)OCC(=O)NCc2ccco2)cc1. The van der Waals surface area contributed by atoms with E-state index in [1.807, 2.05) is 12.1 Å². The minimum absolute atomic E-state index is 0.266. The highest BCUT2D eigenvalue weighted by Gasteiger charge is 2.11. The van der Waals surface area contributed by atoms with Crippen LogP contribution in [0.2, 0.25) is 0 Å². The molecule has 2 rings (SSSR count). The molecule has 0 aliphatic carbocycles. The van der Waals surface area contributed by atoms with Crippen molar-refractivity contribution in [1.29, 1.82) is 0 Å². The first-order chi connectivity index (χ1) is 11.6. The van der Waals surface area contributed by atoms with E-state index in [2.05, 4.69) is 24.1 Å². The summed E-state index contributed by atoms with van der Waals surface area (Å²) in [6.07, 6.45) is 1.53. The van der Waals surface area contributed by atoms with Gasteiger partial charge in [-0.05, 0) is 50.2 Å². The smallest absolute Gasteiger partial charge is 0.338 e. The van der Waals surface area contributed by atoms with E-state index in [1.54, 1.807) is 24.3 Å². The second-order valence-electron chi connectivity index (χ2n) is 5.15. The van der Waals surface area contributed by atoms with Gasteiger partial charge in [0.1, 0.15) is 5.76 Å². The van der Waals surface area contributed by atoms with Crippen molar-refractivity contribution >= 4 is 17.6 Å². The third-order valence-corrected chi connectivity index (χ3v) is 3.61. The molecule has 6 heteroatoms. The highest BCUT2D eigenvalue weighted by atomic mass is 16.5. The molecule has 0 saturated heterocycles. The second-order valence-corrected chi connectivity index (χ2v) is 5.15. The number of hydrogen-bond acceptors (Lipinski definition) is 5. The normalized spacial score (nSPS) is 10.2. The summed E-state index contributed by atoms with van der Waals surface area (Å²) < 4.78 is 10.1. The summed E-state index contributed by atoms with van der Waals surface area (Å²) in [5, 5.41) is 2.61. The first-order valence-corrected chi connectivity index (χ1v) is 7.95. The number of rotatable bonds is 8. The van der Waals surface area contributed by atoms with E-state index in [0.717, 1.165) is 18.8 Å². The van der Waals surface area contributed by atoms with Crippen molar-refractivity contribution in [2.24, 2.45) is 0 Å². The van der Waals surface area contributed by atoms with Gasteiger partial charge in [0.25, 0.3) is 5.91 Å². The zero-order chi connectivity index (χ0) is 17.4. The number of hydrogen-bond donors (Lipinski definition) is 1. The largest absolute Gasteiger partial charge is 0.467 e. The first kappa shape index (κ1) is 17.6. The zero-order valence-corrected chi connectivity index (χ0v) is 14.0. The van der Waals surface area contributed by atoms with Gasteiger partial charge in [-0.3, -0.25) is 4.79 Å². The maximum atomic E-state index is 12.0. The van der Waals surface area contributed by atoms with Crippen LogP contribution in [0.25, 0.3) is 0 Å². The van der Waals surface area contributed by atoms with E-state index < -0.39 is 5.97 Å². The number of furan rings is 1. The first-order valence-electron chi connectivity index (χ1n) is 7.95. The molecule has 6 nitrogen and oxygen atoms in total. The predicted molar refractivity (Wildman–Crippen MR) is 90.8 cm³/mol. The topological polar surface area (TPSA) is 71.8 Å². The van der Waals surface area contributed by atoms with Crippen LogP contribution in [0.15, 0.2) is 47.1 Å². The Hall–Kier alpha value is -2.76. The minimum Gasteiger partial charge on any atom is -0.467 e. The summed E-state index contributed by atoms with van der Waals surface area (Å²) in [7, 11) is 0. The molecule has 1 N–H and O–H groups in total. The van der Waals surface area contributed by atoms with E-state index in [1.165, 1.54) is 6.26 Å². The lowest BCUT2D eigenvalue weighted by atomic mass is 10.2. The molecular formula is C18H22N2O4. The predicted octanol–water partition coefficient (Wildman–Crippen LogP) is 2.60. The lowest BCUT2D eigenvalue weighted by Crippen LogP contribution is -2.28. The van der Waals surface area contributed by atoms with Crippen molar-refractivity contribution in [1.82, 2.24) is 5.32 Å². The maximum absolute atomic E-state index is 12.0. The summed E-state index contributed by atoms with van der Waals surface area (Å²) in [5.74, 6) is -0.254. The molecule has 0 aliphatic heterocycles. The molecule has 0 radical (unpaired) electrons. The number of nitrogens with one attached hydrogen (secondary N) is 1. The summed E-state index contributed by atoms with van der Waals surface area (Å²) in [5.41, 5.74) is 1.47. The van der Waals surface area contributed by atoms with Gasteiger partial charge in [0.05, 0.1) is 18.4 Å². The van der Waals surface area contributed by atoms with Crippen molar-refractivity contribution in [2.45, 2.75) is 20.4 Å². The highest BCUT2D eigenvalue weighted by molar-refractivity contribution is 5.91. The zero-order valence-electron chi connectivity index (χ0n) is 14.0. The van der Waals surface area contributed by atoms with Gasteiger partial charge in [-0.1, -0.05) is 0 Å². The molecular weight excluding hydrogens is 308 g/mol. The van der Waals surface area contributed by atoms with E-state index in [0.29, 0.717) is 11.3 Å². The third kappa shape index (κ3) is 4.87. The number of nitrogens with zero attached hydrogens (tertiary/aromatic N) is 1. The highest BCUT2D eigenvalue weighted by Crippen LogP contribution is 2.15. The molecule has 128 valence electrons. The van der Waals surface area contributed by atoms with Gasteiger partial charge in [-0.15, -0.1) is 0 Å². The quantitative estimate of drug-likeness (QED) is 0.753. The molecule has 1 amide bonds. The summed E-state index contributed by atoms with van der Waals surface area (Å²) in [6, 6.07) is 10.7. The number of carbonyl (C=O) groups is 2. The van der Waals surface area contributed by atoms with Crippen LogP contribution in [-0.2, 0) is 16.1 Å². The third-order valence-electron chi connectivity index (χ3n) is 3.61.